The van der Waals surface area contributed by atoms with Gasteiger partial charge in [0.05, 0.1) is 5.69 Å². The van der Waals surface area contributed by atoms with E-state index in [1.165, 1.54) is 11.6 Å². The van der Waals surface area contributed by atoms with Crippen molar-refractivity contribution in [2.75, 3.05) is 11.9 Å². The van der Waals surface area contributed by atoms with Crippen LogP contribution in [-0.2, 0) is 21.4 Å². The van der Waals surface area contributed by atoms with E-state index in [2.05, 4.69) is 24.3 Å². The molecular formula is C20H25N3O3. The molecule has 0 unspecified atom stereocenters. The van der Waals surface area contributed by atoms with Gasteiger partial charge in [-0.3, -0.25) is 9.48 Å². The van der Waals surface area contributed by atoms with Gasteiger partial charge in [0.1, 0.15) is 0 Å². The van der Waals surface area contributed by atoms with E-state index in [1.54, 1.807) is 10.8 Å². The third-order valence-electron chi connectivity index (χ3n) is 4.16. The SMILES string of the molecule is Cc1nn(C)c(C)c1/C=C/C(=O)OCC(=O)Nc1ccc(C(C)C)cc1. The fourth-order valence-corrected chi connectivity index (χ4v) is 2.52. The second-order valence-electron chi connectivity index (χ2n) is 6.47. The zero-order valence-corrected chi connectivity index (χ0v) is 15.9. The van der Waals surface area contributed by atoms with Crippen molar-refractivity contribution in [1.29, 1.82) is 0 Å². The number of rotatable bonds is 6. The van der Waals surface area contributed by atoms with Gasteiger partial charge in [0.25, 0.3) is 5.91 Å². The number of carbonyl (C=O) groups excluding carboxylic acids is 2. The number of esters is 1. The minimum absolute atomic E-state index is 0.333. The van der Waals surface area contributed by atoms with Gasteiger partial charge in [-0.2, -0.15) is 5.10 Å². The predicted molar refractivity (Wildman–Crippen MR) is 102 cm³/mol. The average Bonchev–Trinajstić information content (AvgIpc) is 2.84. The summed E-state index contributed by atoms with van der Waals surface area (Å²) in [5, 5.41) is 6.98. The number of nitrogens with one attached hydrogen (secondary N) is 1. The van der Waals surface area contributed by atoms with Crippen LogP contribution < -0.4 is 5.32 Å². The van der Waals surface area contributed by atoms with Crippen molar-refractivity contribution in [1.82, 2.24) is 9.78 Å². The number of nitrogens with zero attached hydrogens (tertiary/aromatic N) is 2. The standard InChI is InChI=1S/C20H25N3O3/c1-13(2)16-6-8-17(9-7-16)21-19(24)12-26-20(25)11-10-18-14(3)22-23(5)15(18)4/h6-11,13H,12H2,1-5H3,(H,21,24)/b11-10+. The summed E-state index contributed by atoms with van der Waals surface area (Å²) in [5.41, 5.74) is 4.53. The molecule has 0 fully saturated rings. The normalized spacial score (nSPS) is 11.2. The predicted octanol–water partition coefficient (Wildman–Crippen LogP) is 3.36. The lowest BCUT2D eigenvalue weighted by Gasteiger charge is -2.08. The van der Waals surface area contributed by atoms with E-state index in [0.717, 1.165) is 17.0 Å². The van der Waals surface area contributed by atoms with Crippen molar-refractivity contribution < 1.29 is 14.3 Å². The van der Waals surface area contributed by atoms with E-state index in [1.807, 2.05) is 45.2 Å². The molecule has 0 bridgehead atoms. The highest BCUT2D eigenvalue weighted by atomic mass is 16.5. The molecule has 138 valence electrons. The summed E-state index contributed by atoms with van der Waals surface area (Å²) in [7, 11) is 1.84. The largest absolute Gasteiger partial charge is 0.452 e. The van der Waals surface area contributed by atoms with Crippen LogP contribution in [0.15, 0.2) is 30.3 Å². The van der Waals surface area contributed by atoms with Crippen molar-refractivity contribution in [3.8, 4) is 0 Å². The third-order valence-corrected chi connectivity index (χ3v) is 4.16. The highest BCUT2D eigenvalue weighted by molar-refractivity contribution is 5.94. The Morgan fingerprint density at radius 3 is 2.42 bits per heavy atom. The summed E-state index contributed by atoms with van der Waals surface area (Å²) < 4.78 is 6.73. The maximum atomic E-state index is 11.9. The van der Waals surface area contributed by atoms with Crippen molar-refractivity contribution >= 4 is 23.6 Å². The summed E-state index contributed by atoms with van der Waals surface area (Å²) in [6.45, 7) is 7.67. The molecule has 1 N–H and O–H groups in total. The Morgan fingerprint density at radius 2 is 1.88 bits per heavy atom. The Bertz CT molecular complexity index is 818. The second-order valence-corrected chi connectivity index (χ2v) is 6.47. The Kier molecular flexibility index (Phi) is 6.33. The van der Waals surface area contributed by atoms with Crippen LogP contribution in [0.2, 0.25) is 0 Å². The van der Waals surface area contributed by atoms with Crippen LogP contribution in [0, 0.1) is 13.8 Å². The van der Waals surface area contributed by atoms with E-state index < -0.39 is 5.97 Å². The first-order valence-corrected chi connectivity index (χ1v) is 8.52. The van der Waals surface area contributed by atoms with Crippen LogP contribution in [0.3, 0.4) is 0 Å². The van der Waals surface area contributed by atoms with Gasteiger partial charge < -0.3 is 10.1 Å². The van der Waals surface area contributed by atoms with Crippen molar-refractivity contribution in [3.63, 3.8) is 0 Å². The number of aryl methyl sites for hydroxylation is 2. The molecule has 0 aliphatic rings. The van der Waals surface area contributed by atoms with Gasteiger partial charge in [0, 0.05) is 30.1 Å². The summed E-state index contributed by atoms with van der Waals surface area (Å²) in [6.07, 6.45) is 2.96. The van der Waals surface area contributed by atoms with Gasteiger partial charge >= 0.3 is 5.97 Å². The third kappa shape index (κ3) is 5.05. The molecule has 26 heavy (non-hydrogen) atoms. The molecule has 2 rings (SSSR count). The molecule has 1 amide bonds. The molecule has 6 nitrogen and oxygen atoms in total. The van der Waals surface area contributed by atoms with Gasteiger partial charge in [0.15, 0.2) is 6.61 Å². The lowest BCUT2D eigenvalue weighted by molar-refractivity contribution is -0.142. The quantitative estimate of drug-likeness (QED) is 0.637. The molecule has 1 aromatic heterocycles. The Morgan fingerprint density at radius 1 is 1.23 bits per heavy atom. The van der Waals surface area contributed by atoms with Crippen LogP contribution in [0.4, 0.5) is 5.69 Å². The summed E-state index contributed by atoms with van der Waals surface area (Å²) >= 11 is 0. The maximum absolute atomic E-state index is 11.9. The van der Waals surface area contributed by atoms with E-state index in [9.17, 15) is 9.59 Å². The van der Waals surface area contributed by atoms with Crippen molar-refractivity contribution in [2.45, 2.75) is 33.6 Å². The van der Waals surface area contributed by atoms with E-state index in [0.29, 0.717) is 11.6 Å². The molecule has 0 atom stereocenters. The molecule has 0 radical (unpaired) electrons. The monoisotopic (exact) mass is 355 g/mol. The van der Waals surface area contributed by atoms with Gasteiger partial charge in [-0.15, -0.1) is 0 Å². The van der Waals surface area contributed by atoms with Crippen LogP contribution in [0.1, 0.15) is 42.3 Å². The number of hydrogen-bond donors (Lipinski definition) is 1. The minimum atomic E-state index is -0.571. The molecule has 1 aromatic carbocycles. The lowest BCUT2D eigenvalue weighted by atomic mass is 10.0. The fourth-order valence-electron chi connectivity index (χ4n) is 2.52. The van der Waals surface area contributed by atoms with Gasteiger partial charge in [0.2, 0.25) is 0 Å². The van der Waals surface area contributed by atoms with Crippen molar-refractivity contribution in [3.05, 3.63) is 52.9 Å². The molecule has 0 saturated carbocycles. The van der Waals surface area contributed by atoms with Crippen molar-refractivity contribution in [2.24, 2.45) is 7.05 Å². The Labute approximate surface area is 153 Å². The highest BCUT2D eigenvalue weighted by Gasteiger charge is 2.09. The van der Waals surface area contributed by atoms with Crippen LogP contribution >= 0.6 is 0 Å². The number of aromatic nitrogens is 2. The molecule has 0 aliphatic carbocycles. The molecule has 0 aliphatic heterocycles. The van der Waals surface area contributed by atoms with Gasteiger partial charge in [-0.25, -0.2) is 4.79 Å². The lowest BCUT2D eigenvalue weighted by Crippen LogP contribution is -2.20. The van der Waals surface area contributed by atoms with Gasteiger partial charge in [-0.1, -0.05) is 26.0 Å². The Balaban J connectivity index is 1.84. The zero-order valence-electron chi connectivity index (χ0n) is 15.9. The maximum Gasteiger partial charge on any atom is 0.331 e. The number of amides is 1. The first-order chi connectivity index (χ1) is 12.3. The highest BCUT2D eigenvalue weighted by Crippen LogP contribution is 2.17. The van der Waals surface area contributed by atoms with E-state index >= 15 is 0 Å². The Hall–Kier alpha value is -2.89. The van der Waals surface area contributed by atoms with E-state index in [4.69, 9.17) is 4.74 Å². The van der Waals surface area contributed by atoms with Crippen LogP contribution in [0.5, 0.6) is 0 Å². The fraction of sp³-hybridized carbons (Fsp3) is 0.350. The molecule has 2 aromatic rings. The second kappa shape index (κ2) is 8.47. The number of anilines is 1. The molecule has 1 heterocycles. The molecular weight excluding hydrogens is 330 g/mol. The zero-order chi connectivity index (χ0) is 19.3. The smallest absolute Gasteiger partial charge is 0.331 e. The number of ether oxygens (including phenoxy) is 1. The molecule has 0 saturated heterocycles. The first kappa shape index (κ1) is 19.4. The minimum Gasteiger partial charge on any atom is -0.452 e. The summed E-state index contributed by atoms with van der Waals surface area (Å²) in [5.74, 6) is -0.518. The summed E-state index contributed by atoms with van der Waals surface area (Å²) in [6, 6.07) is 7.60. The first-order valence-electron chi connectivity index (χ1n) is 8.52. The topological polar surface area (TPSA) is 73.2 Å². The molecule has 0 spiro atoms. The van der Waals surface area contributed by atoms with Crippen LogP contribution in [0.25, 0.3) is 6.08 Å². The number of carbonyl (C=O) groups is 2. The number of benzene rings is 1. The summed E-state index contributed by atoms with van der Waals surface area (Å²) in [4.78, 5) is 23.7. The van der Waals surface area contributed by atoms with Crippen LogP contribution in [-0.4, -0.2) is 28.3 Å². The number of hydrogen-bond acceptors (Lipinski definition) is 4. The van der Waals surface area contributed by atoms with Gasteiger partial charge in [-0.05, 0) is 43.5 Å². The molecule has 6 heteroatoms. The average molecular weight is 355 g/mol. The van der Waals surface area contributed by atoms with E-state index in [-0.39, 0.29) is 12.5 Å².